The fraction of sp³-hybridized carbons (Fsp3) is 0.625. The highest BCUT2D eigenvalue weighted by molar-refractivity contribution is 5.42. The van der Waals surface area contributed by atoms with Crippen molar-refractivity contribution in [3.8, 4) is 11.5 Å². The van der Waals surface area contributed by atoms with E-state index in [-0.39, 0.29) is 6.10 Å². The molecule has 1 aromatic rings. The van der Waals surface area contributed by atoms with Gasteiger partial charge in [-0.05, 0) is 44.0 Å². The van der Waals surface area contributed by atoms with Crippen LogP contribution in [0.5, 0.6) is 11.5 Å². The van der Waals surface area contributed by atoms with Crippen molar-refractivity contribution in [1.82, 2.24) is 5.32 Å². The van der Waals surface area contributed by atoms with Gasteiger partial charge in [0.25, 0.3) is 0 Å². The van der Waals surface area contributed by atoms with Crippen LogP contribution >= 0.6 is 0 Å². The normalized spacial score (nSPS) is 22.6. The van der Waals surface area contributed by atoms with Gasteiger partial charge in [0.15, 0.2) is 0 Å². The zero-order valence-electron chi connectivity index (χ0n) is 12.6. The summed E-state index contributed by atoms with van der Waals surface area (Å²) < 4.78 is 16.7. The van der Waals surface area contributed by atoms with E-state index in [0.717, 1.165) is 49.5 Å². The monoisotopic (exact) mass is 279 g/mol. The molecule has 112 valence electrons. The minimum Gasteiger partial charge on any atom is -0.497 e. The van der Waals surface area contributed by atoms with Crippen molar-refractivity contribution in [3.63, 3.8) is 0 Å². The van der Waals surface area contributed by atoms with Gasteiger partial charge in [0, 0.05) is 18.2 Å². The average molecular weight is 279 g/mol. The molecular weight excluding hydrogens is 254 g/mol. The molecular formula is C16H25NO3. The first-order chi connectivity index (χ1) is 9.78. The molecule has 1 N–H and O–H groups in total. The standard InChI is InChI=1S/C16H25NO3/c1-4-8-17-12-7-9-20-16(10-12)14-11-13(18-2)5-6-15(14)19-3/h5-6,11-12,16-17H,4,7-10H2,1-3H3. The number of hydrogen-bond acceptors (Lipinski definition) is 4. The quantitative estimate of drug-likeness (QED) is 0.869. The van der Waals surface area contributed by atoms with Crippen LogP contribution in [0.15, 0.2) is 18.2 Å². The third-order valence-electron chi connectivity index (χ3n) is 3.75. The third-order valence-corrected chi connectivity index (χ3v) is 3.75. The summed E-state index contributed by atoms with van der Waals surface area (Å²) in [4.78, 5) is 0. The van der Waals surface area contributed by atoms with E-state index < -0.39 is 0 Å². The number of nitrogens with one attached hydrogen (secondary N) is 1. The highest BCUT2D eigenvalue weighted by Gasteiger charge is 2.26. The first kappa shape index (κ1) is 15.1. The first-order valence-electron chi connectivity index (χ1n) is 7.35. The van der Waals surface area contributed by atoms with Crippen LogP contribution in [-0.2, 0) is 4.74 Å². The van der Waals surface area contributed by atoms with Crippen LogP contribution in [0.2, 0.25) is 0 Å². The zero-order chi connectivity index (χ0) is 14.4. The maximum Gasteiger partial charge on any atom is 0.124 e. The molecule has 1 saturated heterocycles. The molecule has 0 bridgehead atoms. The number of hydrogen-bond donors (Lipinski definition) is 1. The van der Waals surface area contributed by atoms with Crippen molar-refractivity contribution in [2.24, 2.45) is 0 Å². The van der Waals surface area contributed by atoms with Gasteiger partial charge >= 0.3 is 0 Å². The Morgan fingerprint density at radius 3 is 2.85 bits per heavy atom. The van der Waals surface area contributed by atoms with Gasteiger partial charge in [0.05, 0.1) is 20.3 Å². The lowest BCUT2D eigenvalue weighted by molar-refractivity contribution is -0.000959. The second kappa shape index (κ2) is 7.50. The molecule has 1 fully saturated rings. The van der Waals surface area contributed by atoms with Crippen molar-refractivity contribution in [2.45, 2.75) is 38.3 Å². The van der Waals surface area contributed by atoms with Crippen LogP contribution < -0.4 is 14.8 Å². The molecule has 20 heavy (non-hydrogen) atoms. The van der Waals surface area contributed by atoms with Gasteiger partial charge in [-0.15, -0.1) is 0 Å². The SMILES string of the molecule is CCCNC1CCOC(c2cc(OC)ccc2OC)C1. The van der Waals surface area contributed by atoms with Gasteiger partial charge in [0.2, 0.25) is 0 Å². The molecule has 1 aliphatic heterocycles. The van der Waals surface area contributed by atoms with Crippen LogP contribution in [-0.4, -0.2) is 33.4 Å². The van der Waals surface area contributed by atoms with Gasteiger partial charge in [-0.2, -0.15) is 0 Å². The highest BCUT2D eigenvalue weighted by Crippen LogP contribution is 2.36. The summed E-state index contributed by atoms with van der Waals surface area (Å²) in [6, 6.07) is 6.40. The number of rotatable bonds is 6. The topological polar surface area (TPSA) is 39.7 Å². The molecule has 1 aromatic carbocycles. The molecule has 4 heteroatoms. The molecule has 0 spiro atoms. The predicted octanol–water partition coefficient (Wildman–Crippen LogP) is 2.92. The molecule has 4 nitrogen and oxygen atoms in total. The van der Waals surface area contributed by atoms with Crippen molar-refractivity contribution in [1.29, 1.82) is 0 Å². The molecule has 0 aliphatic carbocycles. The summed E-state index contributed by atoms with van der Waals surface area (Å²) in [7, 11) is 3.37. The summed E-state index contributed by atoms with van der Waals surface area (Å²) in [6.45, 7) is 4.04. The van der Waals surface area contributed by atoms with E-state index in [9.17, 15) is 0 Å². The Hall–Kier alpha value is -1.26. The van der Waals surface area contributed by atoms with Gasteiger partial charge in [-0.3, -0.25) is 0 Å². The molecule has 2 atom stereocenters. The molecule has 0 amide bonds. The van der Waals surface area contributed by atoms with Gasteiger partial charge in [-0.25, -0.2) is 0 Å². The van der Waals surface area contributed by atoms with E-state index in [2.05, 4.69) is 12.2 Å². The second-order valence-corrected chi connectivity index (χ2v) is 5.14. The summed E-state index contributed by atoms with van der Waals surface area (Å²) in [5.74, 6) is 1.71. The fourth-order valence-electron chi connectivity index (χ4n) is 2.64. The average Bonchev–Trinajstić information content (AvgIpc) is 2.52. The molecule has 2 rings (SSSR count). The minimum atomic E-state index is 0.0724. The molecule has 1 aliphatic rings. The number of methoxy groups -OCH3 is 2. The Morgan fingerprint density at radius 1 is 1.30 bits per heavy atom. The zero-order valence-corrected chi connectivity index (χ0v) is 12.6. The van der Waals surface area contributed by atoms with Crippen molar-refractivity contribution < 1.29 is 14.2 Å². The Morgan fingerprint density at radius 2 is 2.15 bits per heavy atom. The summed E-state index contributed by atoms with van der Waals surface area (Å²) >= 11 is 0. The Kier molecular flexibility index (Phi) is 5.68. The van der Waals surface area contributed by atoms with Crippen LogP contribution in [0, 0.1) is 0 Å². The van der Waals surface area contributed by atoms with E-state index in [0.29, 0.717) is 6.04 Å². The van der Waals surface area contributed by atoms with Crippen molar-refractivity contribution in [3.05, 3.63) is 23.8 Å². The molecule has 0 radical (unpaired) electrons. The van der Waals surface area contributed by atoms with Crippen LogP contribution in [0.4, 0.5) is 0 Å². The van der Waals surface area contributed by atoms with E-state index in [1.165, 1.54) is 0 Å². The molecule has 1 heterocycles. The minimum absolute atomic E-state index is 0.0724. The van der Waals surface area contributed by atoms with E-state index in [1.807, 2.05) is 18.2 Å². The fourth-order valence-corrected chi connectivity index (χ4v) is 2.64. The van der Waals surface area contributed by atoms with Gasteiger partial charge in [0.1, 0.15) is 11.5 Å². The van der Waals surface area contributed by atoms with E-state index in [4.69, 9.17) is 14.2 Å². The molecule has 0 saturated carbocycles. The summed E-state index contributed by atoms with van der Waals surface area (Å²) in [6.07, 6.45) is 3.28. The van der Waals surface area contributed by atoms with Crippen LogP contribution in [0.1, 0.15) is 37.9 Å². The van der Waals surface area contributed by atoms with E-state index >= 15 is 0 Å². The Balaban J connectivity index is 2.12. The number of ether oxygens (including phenoxy) is 3. The first-order valence-corrected chi connectivity index (χ1v) is 7.35. The lowest BCUT2D eigenvalue weighted by atomic mass is 9.96. The third kappa shape index (κ3) is 3.64. The van der Waals surface area contributed by atoms with Gasteiger partial charge in [-0.1, -0.05) is 6.92 Å². The van der Waals surface area contributed by atoms with Crippen molar-refractivity contribution in [2.75, 3.05) is 27.4 Å². The number of benzene rings is 1. The molecule has 2 unspecified atom stereocenters. The lowest BCUT2D eigenvalue weighted by Crippen LogP contribution is -2.36. The second-order valence-electron chi connectivity index (χ2n) is 5.14. The van der Waals surface area contributed by atoms with Crippen LogP contribution in [0.25, 0.3) is 0 Å². The molecule has 0 aromatic heterocycles. The Bertz CT molecular complexity index is 422. The summed E-state index contributed by atoms with van der Waals surface area (Å²) in [5, 5.41) is 3.59. The van der Waals surface area contributed by atoms with Crippen LogP contribution in [0.3, 0.4) is 0 Å². The van der Waals surface area contributed by atoms with Gasteiger partial charge < -0.3 is 19.5 Å². The highest BCUT2D eigenvalue weighted by atomic mass is 16.5. The maximum absolute atomic E-state index is 5.94. The largest absolute Gasteiger partial charge is 0.497 e. The van der Waals surface area contributed by atoms with E-state index in [1.54, 1.807) is 14.2 Å². The van der Waals surface area contributed by atoms with Crippen molar-refractivity contribution >= 4 is 0 Å². The Labute approximate surface area is 121 Å². The lowest BCUT2D eigenvalue weighted by Gasteiger charge is -2.31. The summed E-state index contributed by atoms with van der Waals surface area (Å²) in [5.41, 5.74) is 1.08. The maximum atomic E-state index is 5.94. The predicted molar refractivity (Wildman–Crippen MR) is 79.6 cm³/mol. The smallest absolute Gasteiger partial charge is 0.124 e.